The smallest absolute Gasteiger partial charge is 0.251 e. The molecule has 2 rings (SSSR count). The van der Waals surface area contributed by atoms with Crippen molar-refractivity contribution in [3.05, 3.63) is 33.8 Å². The summed E-state index contributed by atoms with van der Waals surface area (Å²) in [4.78, 5) is 18.9. The van der Waals surface area contributed by atoms with E-state index < -0.39 is 0 Å². The number of benzene rings is 1. The molecule has 1 saturated heterocycles. The number of amides is 1. The van der Waals surface area contributed by atoms with Gasteiger partial charge in [-0.15, -0.1) is 0 Å². The Bertz CT molecular complexity index is 571. The van der Waals surface area contributed by atoms with Gasteiger partial charge in [0.1, 0.15) is 0 Å². The quantitative estimate of drug-likeness (QED) is 0.484. The maximum atomic E-state index is 12.0. The average molecular weight is 357 g/mol. The van der Waals surface area contributed by atoms with Crippen LogP contribution in [0.1, 0.15) is 30.1 Å². The Hall–Kier alpha value is -1.46. The molecular formula is C16H22Cl2N4O. The van der Waals surface area contributed by atoms with Crippen molar-refractivity contribution >= 4 is 35.1 Å². The minimum atomic E-state index is -0.176. The fourth-order valence-corrected chi connectivity index (χ4v) is 2.72. The Morgan fingerprint density at radius 1 is 1.22 bits per heavy atom. The van der Waals surface area contributed by atoms with Crippen molar-refractivity contribution in [2.45, 2.75) is 19.8 Å². The van der Waals surface area contributed by atoms with E-state index in [9.17, 15) is 4.79 Å². The molecule has 0 aliphatic carbocycles. The number of rotatable bonds is 5. The van der Waals surface area contributed by atoms with Crippen LogP contribution in [-0.4, -0.2) is 49.5 Å². The maximum Gasteiger partial charge on any atom is 0.251 e. The summed E-state index contributed by atoms with van der Waals surface area (Å²) in [5.74, 6) is 0.749. The van der Waals surface area contributed by atoms with Crippen LogP contribution in [0.5, 0.6) is 0 Å². The zero-order chi connectivity index (χ0) is 16.7. The topological polar surface area (TPSA) is 56.7 Å². The summed E-state index contributed by atoms with van der Waals surface area (Å²) in [6, 6.07) is 4.84. The van der Waals surface area contributed by atoms with Crippen LogP contribution < -0.4 is 10.6 Å². The SMILES string of the molecule is CCNC(=NCCNC(=O)c1ccc(Cl)c(Cl)c1)N1CCCC1. The number of nitrogens with one attached hydrogen (secondary N) is 2. The number of carbonyl (C=O) groups is 1. The van der Waals surface area contributed by atoms with E-state index in [1.54, 1.807) is 18.2 Å². The fourth-order valence-electron chi connectivity index (χ4n) is 2.43. The molecule has 1 aliphatic heterocycles. The molecular weight excluding hydrogens is 335 g/mol. The number of likely N-dealkylation sites (tertiary alicyclic amines) is 1. The first-order chi connectivity index (χ1) is 11.1. The fraction of sp³-hybridized carbons (Fsp3) is 0.500. The second kappa shape index (κ2) is 8.99. The first-order valence-electron chi connectivity index (χ1n) is 7.88. The van der Waals surface area contributed by atoms with Crippen molar-refractivity contribution in [2.24, 2.45) is 4.99 Å². The van der Waals surface area contributed by atoms with Crippen molar-refractivity contribution in [2.75, 3.05) is 32.7 Å². The van der Waals surface area contributed by atoms with E-state index in [1.165, 1.54) is 12.8 Å². The van der Waals surface area contributed by atoms with Gasteiger partial charge in [-0.05, 0) is 38.0 Å². The van der Waals surface area contributed by atoms with Crippen molar-refractivity contribution < 1.29 is 4.79 Å². The molecule has 0 unspecified atom stereocenters. The lowest BCUT2D eigenvalue weighted by Gasteiger charge is -2.20. The monoisotopic (exact) mass is 356 g/mol. The highest BCUT2D eigenvalue weighted by Crippen LogP contribution is 2.22. The van der Waals surface area contributed by atoms with Gasteiger partial charge in [0.15, 0.2) is 5.96 Å². The van der Waals surface area contributed by atoms with Gasteiger partial charge >= 0.3 is 0 Å². The summed E-state index contributed by atoms with van der Waals surface area (Å²) >= 11 is 11.8. The van der Waals surface area contributed by atoms with E-state index in [0.29, 0.717) is 28.7 Å². The number of hydrogen-bond acceptors (Lipinski definition) is 2. The Morgan fingerprint density at radius 2 is 1.96 bits per heavy atom. The predicted molar refractivity (Wildman–Crippen MR) is 95.6 cm³/mol. The molecule has 0 spiro atoms. The summed E-state index contributed by atoms with van der Waals surface area (Å²) in [6.07, 6.45) is 2.41. The van der Waals surface area contributed by atoms with E-state index in [1.807, 2.05) is 0 Å². The summed E-state index contributed by atoms with van der Waals surface area (Å²) in [5, 5.41) is 6.94. The number of nitrogens with zero attached hydrogens (tertiary/aromatic N) is 2. The Balaban J connectivity index is 1.83. The van der Waals surface area contributed by atoms with Crippen molar-refractivity contribution in [3.63, 3.8) is 0 Å². The molecule has 2 N–H and O–H groups in total. The van der Waals surface area contributed by atoms with Gasteiger partial charge in [0.25, 0.3) is 5.91 Å². The largest absolute Gasteiger partial charge is 0.357 e. The van der Waals surface area contributed by atoms with Crippen LogP contribution in [0.3, 0.4) is 0 Å². The second-order valence-electron chi connectivity index (χ2n) is 5.31. The van der Waals surface area contributed by atoms with Crippen LogP contribution in [0.25, 0.3) is 0 Å². The molecule has 0 radical (unpaired) electrons. The van der Waals surface area contributed by atoms with Gasteiger partial charge in [-0.3, -0.25) is 9.79 Å². The second-order valence-corrected chi connectivity index (χ2v) is 6.13. The summed E-state index contributed by atoms with van der Waals surface area (Å²) in [5.41, 5.74) is 0.495. The lowest BCUT2D eigenvalue weighted by Crippen LogP contribution is -2.40. The molecule has 1 aromatic rings. The normalized spacial score (nSPS) is 14.9. The lowest BCUT2D eigenvalue weighted by molar-refractivity contribution is 0.0955. The minimum absolute atomic E-state index is 0.176. The molecule has 23 heavy (non-hydrogen) atoms. The molecule has 7 heteroatoms. The zero-order valence-corrected chi connectivity index (χ0v) is 14.8. The van der Waals surface area contributed by atoms with Crippen molar-refractivity contribution in [1.82, 2.24) is 15.5 Å². The first kappa shape index (κ1) is 17.9. The molecule has 1 aliphatic rings. The Kier molecular flexibility index (Phi) is 6.99. The number of carbonyl (C=O) groups excluding carboxylic acids is 1. The summed E-state index contributed by atoms with van der Waals surface area (Å²) in [7, 11) is 0. The number of hydrogen-bond donors (Lipinski definition) is 2. The molecule has 0 atom stereocenters. The molecule has 1 fully saturated rings. The van der Waals surface area contributed by atoms with Crippen LogP contribution in [0.4, 0.5) is 0 Å². The molecule has 1 amide bonds. The minimum Gasteiger partial charge on any atom is -0.357 e. The summed E-state index contributed by atoms with van der Waals surface area (Å²) in [6.45, 7) is 5.99. The average Bonchev–Trinajstić information content (AvgIpc) is 3.07. The zero-order valence-electron chi connectivity index (χ0n) is 13.2. The maximum absolute atomic E-state index is 12.0. The van der Waals surface area contributed by atoms with E-state index in [4.69, 9.17) is 23.2 Å². The van der Waals surface area contributed by atoms with Gasteiger partial charge in [0.2, 0.25) is 0 Å². The van der Waals surface area contributed by atoms with Crippen molar-refractivity contribution in [1.29, 1.82) is 0 Å². The molecule has 1 heterocycles. The van der Waals surface area contributed by atoms with Crippen LogP contribution in [0.2, 0.25) is 10.0 Å². The van der Waals surface area contributed by atoms with Gasteiger partial charge < -0.3 is 15.5 Å². The Morgan fingerprint density at radius 3 is 2.61 bits per heavy atom. The number of halogens is 2. The molecule has 5 nitrogen and oxygen atoms in total. The van der Waals surface area contributed by atoms with Crippen LogP contribution in [0.15, 0.2) is 23.2 Å². The third-order valence-corrected chi connectivity index (χ3v) is 4.32. The number of aliphatic imine (C=N–C) groups is 1. The van der Waals surface area contributed by atoms with Crippen molar-refractivity contribution in [3.8, 4) is 0 Å². The predicted octanol–water partition coefficient (Wildman–Crippen LogP) is 2.78. The molecule has 0 saturated carbocycles. The van der Waals surface area contributed by atoms with E-state index >= 15 is 0 Å². The highest BCUT2D eigenvalue weighted by atomic mass is 35.5. The van der Waals surface area contributed by atoms with Crippen LogP contribution in [0, 0.1) is 0 Å². The highest BCUT2D eigenvalue weighted by Gasteiger charge is 2.15. The summed E-state index contributed by atoms with van der Waals surface area (Å²) < 4.78 is 0. The van der Waals surface area contributed by atoms with E-state index in [-0.39, 0.29) is 5.91 Å². The molecule has 1 aromatic carbocycles. The van der Waals surface area contributed by atoms with Gasteiger partial charge in [-0.2, -0.15) is 0 Å². The first-order valence-corrected chi connectivity index (χ1v) is 8.64. The van der Waals surface area contributed by atoms with Gasteiger partial charge in [0, 0.05) is 31.7 Å². The van der Waals surface area contributed by atoms with Gasteiger partial charge in [-0.1, -0.05) is 23.2 Å². The highest BCUT2D eigenvalue weighted by molar-refractivity contribution is 6.42. The van der Waals surface area contributed by atoms with E-state index in [0.717, 1.165) is 25.6 Å². The molecule has 0 aromatic heterocycles. The third-order valence-electron chi connectivity index (χ3n) is 3.58. The number of guanidine groups is 1. The van der Waals surface area contributed by atoms with Gasteiger partial charge in [0.05, 0.1) is 16.6 Å². The van der Waals surface area contributed by atoms with E-state index in [2.05, 4.69) is 27.4 Å². The Labute approximate surface area is 147 Å². The van der Waals surface area contributed by atoms with Crippen LogP contribution >= 0.6 is 23.2 Å². The van der Waals surface area contributed by atoms with Crippen LogP contribution in [-0.2, 0) is 0 Å². The molecule has 0 bridgehead atoms. The van der Waals surface area contributed by atoms with Gasteiger partial charge in [-0.25, -0.2) is 0 Å². The third kappa shape index (κ3) is 5.29. The molecule has 126 valence electrons. The lowest BCUT2D eigenvalue weighted by atomic mass is 10.2. The standard InChI is InChI=1S/C16H22Cl2N4O/c1-2-19-16(22-9-3-4-10-22)21-8-7-20-15(23)12-5-6-13(17)14(18)11-12/h5-6,11H,2-4,7-10H2,1H3,(H,19,21)(H,20,23).